The van der Waals surface area contributed by atoms with E-state index in [9.17, 15) is 14.0 Å². The second-order valence-electron chi connectivity index (χ2n) is 7.58. The third-order valence-corrected chi connectivity index (χ3v) is 5.85. The number of halogens is 1. The lowest BCUT2D eigenvalue weighted by Gasteiger charge is -2.37. The molecule has 28 heavy (non-hydrogen) atoms. The second kappa shape index (κ2) is 7.72. The summed E-state index contributed by atoms with van der Waals surface area (Å²) in [7, 11) is 0. The Kier molecular flexibility index (Phi) is 5.13. The molecule has 2 saturated heterocycles. The molecule has 0 unspecified atom stereocenters. The molecule has 0 radical (unpaired) electrons. The van der Waals surface area contributed by atoms with Gasteiger partial charge >= 0.3 is 0 Å². The van der Waals surface area contributed by atoms with Crippen LogP contribution in [0.1, 0.15) is 23.2 Å². The van der Waals surface area contributed by atoms with Crippen molar-refractivity contribution in [1.29, 1.82) is 0 Å². The fourth-order valence-corrected chi connectivity index (χ4v) is 4.33. The first-order valence-electron chi connectivity index (χ1n) is 9.56. The van der Waals surface area contributed by atoms with Crippen molar-refractivity contribution < 1.29 is 18.7 Å². The number of anilines is 1. The Labute approximate surface area is 163 Å². The molecule has 0 saturated carbocycles. The number of ether oxygens (including phenoxy) is 1. The van der Waals surface area contributed by atoms with Gasteiger partial charge in [-0.1, -0.05) is 24.3 Å². The molecule has 0 aromatic heterocycles. The van der Waals surface area contributed by atoms with E-state index in [1.165, 1.54) is 12.1 Å². The lowest BCUT2D eigenvalue weighted by atomic mass is 9.71. The van der Waals surface area contributed by atoms with Crippen LogP contribution in [0.25, 0.3) is 0 Å². The largest absolute Gasteiger partial charge is 0.381 e. The summed E-state index contributed by atoms with van der Waals surface area (Å²) in [4.78, 5) is 27.8. The Hall–Kier alpha value is -2.73. The third kappa shape index (κ3) is 3.64. The van der Waals surface area contributed by atoms with E-state index in [1.54, 1.807) is 29.2 Å². The summed E-state index contributed by atoms with van der Waals surface area (Å²) < 4.78 is 19.0. The Morgan fingerprint density at radius 2 is 1.82 bits per heavy atom. The molecule has 2 heterocycles. The molecule has 4 rings (SSSR count). The van der Waals surface area contributed by atoms with E-state index in [4.69, 9.17) is 4.74 Å². The molecule has 146 valence electrons. The maximum absolute atomic E-state index is 13.5. The van der Waals surface area contributed by atoms with Crippen molar-refractivity contribution in [1.82, 2.24) is 4.90 Å². The topological polar surface area (TPSA) is 58.6 Å². The fraction of sp³-hybridized carbons (Fsp3) is 0.364. The normalized spacial score (nSPS) is 20.9. The van der Waals surface area contributed by atoms with Crippen molar-refractivity contribution in [3.63, 3.8) is 0 Å². The fourth-order valence-electron chi connectivity index (χ4n) is 4.33. The number of carbonyl (C=O) groups is 2. The van der Waals surface area contributed by atoms with Crippen LogP contribution in [0.5, 0.6) is 0 Å². The van der Waals surface area contributed by atoms with Crippen LogP contribution in [0.2, 0.25) is 0 Å². The average Bonchev–Trinajstić information content (AvgIpc) is 3.07. The highest BCUT2D eigenvalue weighted by Crippen LogP contribution is 2.45. The molecule has 2 amide bonds. The molecule has 1 atom stereocenters. The summed E-state index contributed by atoms with van der Waals surface area (Å²) in [6.45, 7) is 2.05. The van der Waals surface area contributed by atoms with Gasteiger partial charge < -0.3 is 15.0 Å². The molecule has 1 N–H and O–H groups in total. The van der Waals surface area contributed by atoms with Crippen molar-refractivity contribution in [2.45, 2.75) is 12.8 Å². The van der Waals surface area contributed by atoms with Gasteiger partial charge in [0.05, 0.1) is 5.92 Å². The summed E-state index contributed by atoms with van der Waals surface area (Å²) in [6, 6.07) is 15.0. The first kappa shape index (κ1) is 18.6. The van der Waals surface area contributed by atoms with E-state index in [0.717, 1.165) is 12.8 Å². The maximum Gasteiger partial charge on any atom is 0.253 e. The summed E-state index contributed by atoms with van der Waals surface area (Å²) in [5, 5.41) is 2.84. The highest BCUT2D eigenvalue weighted by atomic mass is 19.1. The molecular weight excluding hydrogens is 359 g/mol. The van der Waals surface area contributed by atoms with Crippen molar-refractivity contribution in [3.8, 4) is 0 Å². The van der Waals surface area contributed by atoms with Gasteiger partial charge in [0.15, 0.2) is 0 Å². The SMILES string of the molecule is O=C(Nc1cccc(F)c1)[C@H]1CN(C(=O)c2ccccc2)CC12CCOCC2. The number of amides is 2. The van der Waals surface area contributed by atoms with E-state index < -0.39 is 5.82 Å². The minimum absolute atomic E-state index is 0.0625. The number of rotatable bonds is 3. The standard InChI is InChI=1S/C22H23FN2O3/c23-17-7-4-8-18(13-17)24-20(26)19-14-25(15-22(19)9-11-28-12-10-22)21(27)16-5-2-1-3-6-16/h1-8,13,19H,9-12,14-15H2,(H,24,26)/t19-/m1/s1. The van der Waals surface area contributed by atoms with Gasteiger partial charge in [0, 0.05) is 43.0 Å². The van der Waals surface area contributed by atoms with Crippen LogP contribution in [0, 0.1) is 17.2 Å². The Morgan fingerprint density at radius 3 is 2.54 bits per heavy atom. The molecule has 2 aromatic carbocycles. The first-order chi connectivity index (χ1) is 13.6. The van der Waals surface area contributed by atoms with Gasteiger partial charge in [-0.15, -0.1) is 0 Å². The predicted molar refractivity (Wildman–Crippen MR) is 103 cm³/mol. The van der Waals surface area contributed by atoms with Gasteiger partial charge in [0.25, 0.3) is 5.91 Å². The minimum Gasteiger partial charge on any atom is -0.381 e. The van der Waals surface area contributed by atoms with Gasteiger partial charge in [0.1, 0.15) is 5.82 Å². The van der Waals surface area contributed by atoms with Gasteiger partial charge in [0.2, 0.25) is 5.91 Å². The molecule has 2 aliphatic heterocycles. The van der Waals surface area contributed by atoms with Crippen LogP contribution in [0.15, 0.2) is 54.6 Å². The highest BCUT2D eigenvalue weighted by molar-refractivity contribution is 5.97. The minimum atomic E-state index is -0.397. The molecule has 1 spiro atoms. The first-order valence-corrected chi connectivity index (χ1v) is 9.56. The van der Waals surface area contributed by atoms with E-state index in [1.807, 2.05) is 18.2 Å². The third-order valence-electron chi connectivity index (χ3n) is 5.85. The van der Waals surface area contributed by atoms with Crippen LogP contribution in [-0.2, 0) is 9.53 Å². The number of carbonyl (C=O) groups excluding carboxylic acids is 2. The van der Waals surface area contributed by atoms with Crippen LogP contribution in [-0.4, -0.2) is 43.0 Å². The Bertz CT molecular complexity index is 865. The number of nitrogens with one attached hydrogen (secondary N) is 1. The van der Waals surface area contributed by atoms with Crippen LogP contribution < -0.4 is 5.32 Å². The molecule has 6 heteroatoms. The number of hydrogen-bond donors (Lipinski definition) is 1. The summed E-state index contributed by atoms with van der Waals surface area (Å²) >= 11 is 0. The average molecular weight is 382 g/mol. The van der Waals surface area contributed by atoms with Gasteiger partial charge in [-0.2, -0.15) is 0 Å². The Morgan fingerprint density at radius 1 is 1.07 bits per heavy atom. The zero-order valence-corrected chi connectivity index (χ0v) is 15.6. The van der Waals surface area contributed by atoms with E-state index in [0.29, 0.717) is 37.6 Å². The number of nitrogens with zero attached hydrogens (tertiary/aromatic N) is 1. The summed E-state index contributed by atoms with van der Waals surface area (Å²) in [5.74, 6) is -0.985. The van der Waals surface area contributed by atoms with E-state index >= 15 is 0 Å². The molecule has 2 aliphatic rings. The van der Waals surface area contributed by atoms with Crippen molar-refractivity contribution in [2.75, 3.05) is 31.6 Å². The zero-order chi connectivity index (χ0) is 19.6. The van der Waals surface area contributed by atoms with Crippen molar-refractivity contribution in [3.05, 3.63) is 66.0 Å². The molecule has 0 bridgehead atoms. The number of benzene rings is 2. The monoisotopic (exact) mass is 382 g/mol. The molecule has 0 aliphatic carbocycles. The quantitative estimate of drug-likeness (QED) is 0.886. The van der Waals surface area contributed by atoms with Gasteiger partial charge in [-0.05, 0) is 43.2 Å². The highest BCUT2D eigenvalue weighted by Gasteiger charge is 2.51. The molecule has 5 nitrogen and oxygen atoms in total. The van der Waals surface area contributed by atoms with Gasteiger partial charge in [-0.3, -0.25) is 9.59 Å². The Balaban J connectivity index is 1.57. The number of likely N-dealkylation sites (tertiary alicyclic amines) is 1. The second-order valence-corrected chi connectivity index (χ2v) is 7.58. The smallest absolute Gasteiger partial charge is 0.253 e. The lowest BCUT2D eigenvalue weighted by Crippen LogP contribution is -2.42. The maximum atomic E-state index is 13.5. The van der Waals surface area contributed by atoms with Crippen molar-refractivity contribution in [2.24, 2.45) is 11.3 Å². The van der Waals surface area contributed by atoms with Crippen molar-refractivity contribution >= 4 is 17.5 Å². The summed E-state index contributed by atoms with van der Waals surface area (Å²) in [6.07, 6.45) is 1.46. The van der Waals surface area contributed by atoms with Crippen LogP contribution in [0.4, 0.5) is 10.1 Å². The predicted octanol–water partition coefficient (Wildman–Crippen LogP) is 3.33. The molecule has 2 aromatic rings. The molecular formula is C22H23FN2O3. The summed E-state index contributed by atoms with van der Waals surface area (Å²) in [5.41, 5.74) is 0.746. The number of hydrogen-bond acceptors (Lipinski definition) is 3. The van der Waals surface area contributed by atoms with E-state index in [2.05, 4.69) is 5.32 Å². The van der Waals surface area contributed by atoms with E-state index in [-0.39, 0.29) is 23.1 Å². The molecule has 2 fully saturated rings. The van der Waals surface area contributed by atoms with Crippen LogP contribution >= 0.6 is 0 Å². The zero-order valence-electron chi connectivity index (χ0n) is 15.6. The van der Waals surface area contributed by atoms with Crippen LogP contribution in [0.3, 0.4) is 0 Å². The van der Waals surface area contributed by atoms with Gasteiger partial charge in [-0.25, -0.2) is 4.39 Å². The lowest BCUT2D eigenvalue weighted by molar-refractivity contribution is -0.124.